The fourth-order valence-corrected chi connectivity index (χ4v) is 1.26. The van der Waals surface area contributed by atoms with Gasteiger partial charge in [-0.3, -0.25) is 0 Å². The molecule has 5 heteroatoms. The molecule has 0 spiro atoms. The van der Waals surface area contributed by atoms with Crippen molar-refractivity contribution in [2.24, 2.45) is 5.73 Å². The third kappa shape index (κ3) is 1.94. The van der Waals surface area contributed by atoms with E-state index >= 15 is 0 Å². The first-order chi connectivity index (χ1) is 5.69. The second-order valence-electron chi connectivity index (χ2n) is 2.87. The zero-order valence-corrected chi connectivity index (χ0v) is 7.01. The molecule has 1 rings (SSSR count). The van der Waals surface area contributed by atoms with Crippen LogP contribution < -0.4 is 5.73 Å². The van der Waals surface area contributed by atoms with Gasteiger partial charge in [0.2, 0.25) is 0 Å². The van der Waals surface area contributed by atoms with Crippen molar-refractivity contribution in [1.29, 1.82) is 0 Å². The Morgan fingerprint density at radius 2 is 2.25 bits per heavy atom. The molecule has 1 saturated heterocycles. The highest BCUT2D eigenvalue weighted by Gasteiger charge is 2.35. The third-order valence-corrected chi connectivity index (χ3v) is 2.03. The standard InChI is InChI=1S/C7H15NO4/c1-11-6-2-4(9)7(10)5(3-8)12-6/h4-7,9-10H,2-3,8H2,1H3/t4-,5+,6?,7+/m0/s1. The van der Waals surface area contributed by atoms with Gasteiger partial charge in [-0.15, -0.1) is 0 Å². The average molecular weight is 177 g/mol. The van der Waals surface area contributed by atoms with Gasteiger partial charge >= 0.3 is 0 Å². The van der Waals surface area contributed by atoms with Crippen LogP contribution in [0.25, 0.3) is 0 Å². The smallest absolute Gasteiger partial charge is 0.160 e. The molecule has 1 heterocycles. The predicted octanol–water partition coefficient (Wildman–Crippen LogP) is -1.57. The van der Waals surface area contributed by atoms with Crippen LogP contribution in [-0.4, -0.2) is 48.5 Å². The quantitative estimate of drug-likeness (QED) is 0.474. The van der Waals surface area contributed by atoms with Crippen LogP contribution in [0.5, 0.6) is 0 Å². The van der Waals surface area contributed by atoms with Gasteiger partial charge in [0.25, 0.3) is 0 Å². The van der Waals surface area contributed by atoms with Crippen molar-refractivity contribution in [2.75, 3.05) is 13.7 Å². The van der Waals surface area contributed by atoms with E-state index in [9.17, 15) is 10.2 Å². The van der Waals surface area contributed by atoms with Crippen LogP contribution in [0.2, 0.25) is 0 Å². The van der Waals surface area contributed by atoms with Gasteiger partial charge in [-0.05, 0) is 0 Å². The predicted molar refractivity (Wildman–Crippen MR) is 41.4 cm³/mol. The van der Waals surface area contributed by atoms with Gasteiger partial charge in [0.1, 0.15) is 12.2 Å². The highest BCUT2D eigenvalue weighted by atomic mass is 16.7. The summed E-state index contributed by atoms with van der Waals surface area (Å²) in [6.45, 7) is 0.179. The summed E-state index contributed by atoms with van der Waals surface area (Å²) in [7, 11) is 1.49. The number of rotatable bonds is 2. The van der Waals surface area contributed by atoms with Gasteiger partial charge in [0, 0.05) is 20.1 Å². The molecule has 5 nitrogen and oxygen atoms in total. The summed E-state index contributed by atoms with van der Waals surface area (Å²) in [5.74, 6) is 0. The molecule has 12 heavy (non-hydrogen) atoms. The van der Waals surface area contributed by atoms with Crippen molar-refractivity contribution in [2.45, 2.75) is 31.0 Å². The van der Waals surface area contributed by atoms with E-state index in [1.807, 2.05) is 0 Å². The Morgan fingerprint density at radius 1 is 1.58 bits per heavy atom. The summed E-state index contributed by atoms with van der Waals surface area (Å²) >= 11 is 0. The number of nitrogens with two attached hydrogens (primary N) is 1. The average Bonchev–Trinajstić information content (AvgIpc) is 2.09. The first-order valence-corrected chi connectivity index (χ1v) is 3.93. The van der Waals surface area contributed by atoms with Gasteiger partial charge in [0.15, 0.2) is 6.29 Å². The summed E-state index contributed by atoms with van der Waals surface area (Å²) in [5, 5.41) is 18.7. The fraction of sp³-hybridized carbons (Fsp3) is 1.00. The lowest BCUT2D eigenvalue weighted by Gasteiger charge is -2.35. The fourth-order valence-electron chi connectivity index (χ4n) is 1.26. The lowest BCUT2D eigenvalue weighted by atomic mass is 10.0. The lowest BCUT2D eigenvalue weighted by Crippen LogP contribution is -2.51. The third-order valence-electron chi connectivity index (χ3n) is 2.03. The first kappa shape index (κ1) is 9.88. The van der Waals surface area contributed by atoms with E-state index in [0.717, 1.165) is 0 Å². The zero-order valence-electron chi connectivity index (χ0n) is 7.01. The van der Waals surface area contributed by atoms with Gasteiger partial charge in [-0.25, -0.2) is 0 Å². The van der Waals surface area contributed by atoms with Crippen LogP contribution in [-0.2, 0) is 9.47 Å². The van der Waals surface area contributed by atoms with Gasteiger partial charge in [0.05, 0.1) is 6.10 Å². The largest absolute Gasteiger partial charge is 0.390 e. The minimum Gasteiger partial charge on any atom is -0.390 e. The Kier molecular flexibility index (Phi) is 3.42. The van der Waals surface area contributed by atoms with Gasteiger partial charge in [-0.2, -0.15) is 0 Å². The number of methoxy groups -OCH3 is 1. The van der Waals surface area contributed by atoms with E-state index in [2.05, 4.69) is 0 Å². The van der Waals surface area contributed by atoms with Crippen molar-refractivity contribution < 1.29 is 19.7 Å². The van der Waals surface area contributed by atoms with Crippen molar-refractivity contribution >= 4 is 0 Å². The van der Waals surface area contributed by atoms with E-state index in [0.29, 0.717) is 0 Å². The summed E-state index contributed by atoms with van der Waals surface area (Å²) in [6, 6.07) is 0. The summed E-state index contributed by atoms with van der Waals surface area (Å²) < 4.78 is 10.1. The number of ether oxygens (including phenoxy) is 2. The summed E-state index contributed by atoms with van der Waals surface area (Å²) in [4.78, 5) is 0. The number of hydrogen-bond donors (Lipinski definition) is 3. The summed E-state index contributed by atoms with van der Waals surface area (Å²) in [6.07, 6.45) is -2.41. The molecule has 0 aromatic heterocycles. The molecule has 0 aromatic carbocycles. The maximum atomic E-state index is 9.34. The molecule has 0 aromatic rings. The molecule has 0 bridgehead atoms. The Bertz CT molecular complexity index is 143. The van der Waals surface area contributed by atoms with Gasteiger partial charge in [-0.1, -0.05) is 0 Å². The topological polar surface area (TPSA) is 84.9 Å². The first-order valence-electron chi connectivity index (χ1n) is 3.93. The van der Waals surface area contributed by atoms with Crippen LogP contribution in [0.4, 0.5) is 0 Å². The normalized spacial score (nSPS) is 43.0. The SMILES string of the molecule is COC1C[C@H](O)[C@@H](O)[C@@H](CN)O1. The zero-order chi connectivity index (χ0) is 9.14. The minimum absolute atomic E-state index is 0.179. The molecule has 72 valence electrons. The maximum Gasteiger partial charge on any atom is 0.160 e. The second-order valence-corrected chi connectivity index (χ2v) is 2.87. The second kappa shape index (κ2) is 4.15. The summed E-state index contributed by atoms with van der Waals surface area (Å²) in [5.41, 5.74) is 5.32. The van der Waals surface area contributed by atoms with Crippen LogP contribution in [0.3, 0.4) is 0 Å². The van der Waals surface area contributed by atoms with Crippen LogP contribution >= 0.6 is 0 Å². The minimum atomic E-state index is -0.901. The van der Waals surface area contributed by atoms with Gasteiger partial charge < -0.3 is 25.4 Å². The Labute approximate surface area is 71.1 Å². The molecule has 4 N–H and O–H groups in total. The number of aliphatic hydroxyl groups excluding tert-OH is 2. The molecule has 1 aliphatic heterocycles. The molecule has 1 unspecified atom stereocenters. The monoisotopic (exact) mass is 177 g/mol. The molecular formula is C7H15NO4. The Hall–Kier alpha value is -0.200. The Morgan fingerprint density at radius 3 is 2.75 bits per heavy atom. The van der Waals surface area contributed by atoms with Crippen molar-refractivity contribution in [3.8, 4) is 0 Å². The van der Waals surface area contributed by atoms with E-state index in [1.54, 1.807) is 0 Å². The number of hydrogen-bond acceptors (Lipinski definition) is 5. The molecule has 4 atom stereocenters. The highest BCUT2D eigenvalue weighted by molar-refractivity contribution is 4.83. The molecular weight excluding hydrogens is 162 g/mol. The van der Waals surface area contributed by atoms with E-state index in [1.165, 1.54) is 7.11 Å². The molecule has 0 saturated carbocycles. The van der Waals surface area contributed by atoms with Crippen LogP contribution in [0, 0.1) is 0 Å². The van der Waals surface area contributed by atoms with Crippen LogP contribution in [0.1, 0.15) is 6.42 Å². The lowest BCUT2D eigenvalue weighted by molar-refractivity contribution is -0.239. The maximum absolute atomic E-state index is 9.34. The van der Waals surface area contributed by atoms with E-state index in [-0.39, 0.29) is 13.0 Å². The van der Waals surface area contributed by atoms with Crippen molar-refractivity contribution in [1.82, 2.24) is 0 Å². The molecule has 0 amide bonds. The van der Waals surface area contributed by atoms with Crippen molar-refractivity contribution in [3.05, 3.63) is 0 Å². The molecule has 0 radical (unpaired) electrons. The molecule has 1 fully saturated rings. The van der Waals surface area contributed by atoms with Crippen LogP contribution in [0.15, 0.2) is 0 Å². The van der Waals surface area contributed by atoms with Crippen molar-refractivity contribution in [3.63, 3.8) is 0 Å². The number of aliphatic hydroxyl groups is 2. The van der Waals surface area contributed by atoms with E-state index < -0.39 is 24.6 Å². The Balaban J connectivity index is 2.52. The van der Waals surface area contributed by atoms with E-state index in [4.69, 9.17) is 15.2 Å². The molecule has 1 aliphatic rings. The molecule has 0 aliphatic carbocycles. The highest BCUT2D eigenvalue weighted by Crippen LogP contribution is 2.19.